The maximum Gasteiger partial charge on any atom is 0.245 e. The van der Waals surface area contributed by atoms with Crippen molar-refractivity contribution in [3.8, 4) is 0 Å². The fourth-order valence-electron chi connectivity index (χ4n) is 0.439. The second-order valence-corrected chi connectivity index (χ2v) is 1.96. The molecule has 0 fully saturated rings. The summed E-state index contributed by atoms with van der Waals surface area (Å²) in [6, 6.07) is 0. The van der Waals surface area contributed by atoms with Crippen LogP contribution >= 0.6 is 35.7 Å². The van der Waals surface area contributed by atoms with Gasteiger partial charge in [-0.25, -0.2) is 4.99 Å². The summed E-state index contributed by atoms with van der Waals surface area (Å²) in [4.78, 5) is 4.01. The van der Waals surface area contributed by atoms with Crippen LogP contribution in [0.3, 0.4) is 0 Å². The van der Waals surface area contributed by atoms with Crippen molar-refractivity contribution in [1.29, 1.82) is 0 Å². The molecule has 0 aromatic carbocycles. The van der Waals surface area contributed by atoms with E-state index in [9.17, 15) is 0 Å². The van der Waals surface area contributed by atoms with Crippen LogP contribution < -0.4 is 0 Å². The van der Waals surface area contributed by atoms with Crippen LogP contribution in [0.25, 0.3) is 0 Å². The van der Waals surface area contributed by atoms with E-state index in [0.29, 0.717) is 0 Å². The van der Waals surface area contributed by atoms with Crippen molar-refractivity contribution in [3.63, 3.8) is 0 Å². The topological polar surface area (TPSA) is 21.6 Å². The Bertz CT molecular complexity index is 96.0. The molecule has 1 heterocycles. The average molecular weight is 245 g/mol. The molecule has 0 amide bonds. The maximum absolute atomic E-state index is 5.02. The summed E-state index contributed by atoms with van der Waals surface area (Å²) in [5, 5.41) is 0.833. The molecule has 0 aliphatic carbocycles. The van der Waals surface area contributed by atoms with Gasteiger partial charge in [-0.2, -0.15) is 0 Å². The van der Waals surface area contributed by atoms with Gasteiger partial charge in [0.25, 0.3) is 0 Å². The van der Waals surface area contributed by atoms with Crippen molar-refractivity contribution >= 4 is 41.0 Å². The Labute approximate surface area is 70.1 Å². The zero-order valence-corrected chi connectivity index (χ0v) is 7.73. The van der Waals surface area contributed by atoms with Crippen LogP contribution in [0.1, 0.15) is 0 Å². The first kappa shape index (κ1) is 8.55. The van der Waals surface area contributed by atoms with Crippen molar-refractivity contribution in [2.45, 2.75) is 0 Å². The molecule has 0 aromatic rings. The lowest BCUT2D eigenvalue weighted by Gasteiger charge is -1.90. The van der Waals surface area contributed by atoms with Crippen molar-refractivity contribution in [3.05, 3.63) is 0 Å². The molecule has 1 aliphatic heterocycles. The van der Waals surface area contributed by atoms with Gasteiger partial charge in [0.15, 0.2) is 0 Å². The minimum absolute atomic E-state index is 0. The summed E-state index contributed by atoms with van der Waals surface area (Å²) >= 11 is 1.56. The number of rotatable bonds is 0. The van der Waals surface area contributed by atoms with Crippen LogP contribution in [0.4, 0.5) is 0 Å². The van der Waals surface area contributed by atoms with Gasteiger partial charge in [-0.1, -0.05) is 11.8 Å². The second kappa shape index (κ2) is 4.43. The third-order valence-corrected chi connectivity index (χ3v) is 1.33. The summed E-state index contributed by atoms with van der Waals surface area (Å²) in [5.41, 5.74) is 0. The minimum Gasteiger partial charge on any atom is -0.471 e. The van der Waals surface area contributed by atoms with E-state index in [2.05, 4.69) is 4.99 Å². The Morgan fingerprint density at radius 3 is 2.75 bits per heavy atom. The zero-order valence-electron chi connectivity index (χ0n) is 4.59. The number of ether oxygens (including phenoxy) is 1. The Morgan fingerprint density at radius 1 is 1.75 bits per heavy atom. The van der Waals surface area contributed by atoms with Crippen molar-refractivity contribution in [2.75, 3.05) is 19.4 Å². The van der Waals surface area contributed by atoms with Gasteiger partial charge in [0.1, 0.15) is 6.61 Å². The normalized spacial score (nSPS) is 16.4. The van der Waals surface area contributed by atoms with Crippen LogP contribution in [0, 0.1) is 0 Å². The highest BCUT2D eigenvalue weighted by atomic mass is 127. The molecule has 2 nitrogen and oxygen atoms in total. The van der Waals surface area contributed by atoms with Gasteiger partial charge >= 0.3 is 0 Å². The highest BCUT2D eigenvalue weighted by molar-refractivity contribution is 14.0. The largest absolute Gasteiger partial charge is 0.471 e. The van der Waals surface area contributed by atoms with Crippen LogP contribution in [0.2, 0.25) is 0 Å². The predicted octanol–water partition coefficient (Wildman–Crippen LogP) is 1.35. The molecule has 0 saturated carbocycles. The Morgan fingerprint density at radius 2 is 2.50 bits per heavy atom. The summed E-state index contributed by atoms with van der Waals surface area (Å²) in [7, 11) is 0. The first-order valence-electron chi connectivity index (χ1n) is 2.15. The SMILES string of the molecule is CSC1=NCCO1.I. The molecule has 0 atom stereocenters. The molecular formula is C4H8INOS. The molecule has 0 bridgehead atoms. The lowest BCUT2D eigenvalue weighted by Crippen LogP contribution is -1.89. The van der Waals surface area contributed by atoms with Gasteiger partial charge in [0, 0.05) is 0 Å². The lowest BCUT2D eigenvalue weighted by molar-refractivity contribution is 0.356. The third-order valence-electron chi connectivity index (χ3n) is 0.732. The van der Waals surface area contributed by atoms with Gasteiger partial charge in [-0.15, -0.1) is 24.0 Å². The fraction of sp³-hybridized carbons (Fsp3) is 0.750. The smallest absolute Gasteiger partial charge is 0.245 e. The summed E-state index contributed by atoms with van der Waals surface area (Å²) < 4.78 is 5.02. The van der Waals surface area contributed by atoms with E-state index in [1.807, 2.05) is 6.26 Å². The first-order chi connectivity index (χ1) is 3.43. The van der Waals surface area contributed by atoms with Gasteiger partial charge in [-0.3, -0.25) is 0 Å². The highest BCUT2D eigenvalue weighted by Crippen LogP contribution is 2.04. The molecule has 0 unspecified atom stereocenters. The van der Waals surface area contributed by atoms with E-state index in [1.54, 1.807) is 11.8 Å². The van der Waals surface area contributed by atoms with E-state index < -0.39 is 0 Å². The monoisotopic (exact) mass is 245 g/mol. The lowest BCUT2D eigenvalue weighted by atomic mass is 10.8. The Hall–Kier alpha value is 0.550. The summed E-state index contributed by atoms with van der Waals surface area (Å²) in [6.07, 6.45) is 1.96. The number of aliphatic imine (C=N–C) groups is 1. The van der Waals surface area contributed by atoms with Crippen LogP contribution in [0.15, 0.2) is 4.99 Å². The van der Waals surface area contributed by atoms with Gasteiger partial charge in [0.05, 0.1) is 6.54 Å². The van der Waals surface area contributed by atoms with Crippen molar-refractivity contribution in [1.82, 2.24) is 0 Å². The highest BCUT2D eigenvalue weighted by Gasteiger charge is 2.02. The minimum atomic E-state index is 0. The number of halogens is 1. The van der Waals surface area contributed by atoms with Crippen LogP contribution in [0.5, 0.6) is 0 Å². The number of thioether (sulfide) groups is 1. The van der Waals surface area contributed by atoms with Gasteiger partial charge in [0.2, 0.25) is 5.23 Å². The third kappa shape index (κ3) is 2.21. The van der Waals surface area contributed by atoms with E-state index in [-0.39, 0.29) is 24.0 Å². The molecular weight excluding hydrogens is 237 g/mol. The first-order valence-corrected chi connectivity index (χ1v) is 3.37. The second-order valence-electron chi connectivity index (χ2n) is 1.20. The Kier molecular flexibility index (Phi) is 4.74. The number of hydrogen-bond donors (Lipinski definition) is 0. The van der Waals surface area contributed by atoms with Crippen LogP contribution in [-0.2, 0) is 4.74 Å². The average Bonchev–Trinajstić information content (AvgIpc) is 2.14. The number of hydrogen-bond acceptors (Lipinski definition) is 3. The molecule has 0 N–H and O–H groups in total. The molecule has 0 aromatic heterocycles. The fourth-order valence-corrected chi connectivity index (χ4v) is 0.861. The van der Waals surface area contributed by atoms with Crippen LogP contribution in [-0.4, -0.2) is 24.6 Å². The molecule has 1 aliphatic rings. The summed E-state index contributed by atoms with van der Waals surface area (Å²) in [5.74, 6) is 0. The zero-order chi connectivity index (χ0) is 5.11. The molecule has 48 valence electrons. The molecule has 0 spiro atoms. The molecule has 0 saturated heterocycles. The van der Waals surface area contributed by atoms with E-state index in [1.165, 1.54) is 0 Å². The quantitative estimate of drug-likeness (QED) is 0.601. The van der Waals surface area contributed by atoms with Crippen molar-refractivity contribution in [2.24, 2.45) is 4.99 Å². The van der Waals surface area contributed by atoms with E-state index in [0.717, 1.165) is 18.4 Å². The predicted molar refractivity (Wildman–Crippen MR) is 47.2 cm³/mol. The molecule has 4 heteroatoms. The van der Waals surface area contributed by atoms with Crippen molar-refractivity contribution < 1.29 is 4.74 Å². The number of nitrogens with zero attached hydrogens (tertiary/aromatic N) is 1. The Balaban J connectivity index is 0.000000490. The maximum atomic E-state index is 5.02. The van der Waals surface area contributed by atoms with E-state index >= 15 is 0 Å². The molecule has 8 heavy (non-hydrogen) atoms. The van der Waals surface area contributed by atoms with Gasteiger partial charge in [-0.05, 0) is 6.26 Å². The van der Waals surface area contributed by atoms with E-state index in [4.69, 9.17) is 4.74 Å². The standard InChI is InChI=1S/C4H7NOS.HI/c1-7-4-5-2-3-6-4;/h2-3H2,1H3;1H. The summed E-state index contributed by atoms with van der Waals surface area (Å²) in [6.45, 7) is 1.62. The van der Waals surface area contributed by atoms with Gasteiger partial charge < -0.3 is 4.74 Å². The molecule has 1 rings (SSSR count). The molecule has 0 radical (unpaired) electrons.